The van der Waals surface area contributed by atoms with Crippen molar-refractivity contribution in [3.05, 3.63) is 5.01 Å². The zero-order chi connectivity index (χ0) is 13.4. The molecule has 0 aromatic carbocycles. The lowest BCUT2D eigenvalue weighted by atomic mass is 10.5. The SMILES string of the molecule is CCCNc1nnc(C(=O)NCCOC(N)=O)s1. The number of nitrogens with two attached hydrogens (primary N) is 1. The summed E-state index contributed by atoms with van der Waals surface area (Å²) in [6.45, 7) is 3.02. The van der Waals surface area contributed by atoms with Crippen molar-refractivity contribution in [2.24, 2.45) is 5.73 Å². The molecule has 100 valence electrons. The molecule has 4 N–H and O–H groups in total. The monoisotopic (exact) mass is 273 g/mol. The maximum atomic E-state index is 11.6. The first kappa shape index (κ1) is 14.2. The largest absolute Gasteiger partial charge is 0.448 e. The number of carbonyl (C=O) groups is 2. The number of hydrogen-bond donors (Lipinski definition) is 3. The van der Waals surface area contributed by atoms with Gasteiger partial charge in [-0.3, -0.25) is 4.79 Å². The van der Waals surface area contributed by atoms with Crippen molar-refractivity contribution in [2.45, 2.75) is 13.3 Å². The van der Waals surface area contributed by atoms with Crippen LogP contribution in [0.25, 0.3) is 0 Å². The second-order valence-corrected chi connectivity index (χ2v) is 4.24. The van der Waals surface area contributed by atoms with E-state index in [4.69, 9.17) is 5.73 Å². The molecular weight excluding hydrogens is 258 g/mol. The molecule has 0 aliphatic heterocycles. The van der Waals surface area contributed by atoms with Crippen molar-refractivity contribution >= 4 is 28.5 Å². The Morgan fingerprint density at radius 1 is 1.39 bits per heavy atom. The van der Waals surface area contributed by atoms with Crippen molar-refractivity contribution in [2.75, 3.05) is 25.0 Å². The smallest absolute Gasteiger partial charge is 0.404 e. The standard InChI is InChI=1S/C9H15N5O3S/c1-2-3-12-9-14-13-7(18-9)6(15)11-4-5-17-8(10)16/h2-5H2,1H3,(H2,10,16)(H,11,15)(H,12,14). The lowest BCUT2D eigenvalue weighted by Gasteiger charge is -2.02. The second kappa shape index (κ2) is 7.43. The van der Waals surface area contributed by atoms with Crippen molar-refractivity contribution in [1.29, 1.82) is 0 Å². The highest BCUT2D eigenvalue weighted by Crippen LogP contribution is 2.14. The van der Waals surface area contributed by atoms with E-state index < -0.39 is 6.09 Å². The molecular formula is C9H15N5O3S. The van der Waals surface area contributed by atoms with Crippen LogP contribution in [0, 0.1) is 0 Å². The molecule has 8 nitrogen and oxygen atoms in total. The van der Waals surface area contributed by atoms with E-state index in [-0.39, 0.29) is 24.1 Å². The van der Waals surface area contributed by atoms with Gasteiger partial charge in [0.05, 0.1) is 6.54 Å². The van der Waals surface area contributed by atoms with Crippen molar-refractivity contribution in [1.82, 2.24) is 15.5 Å². The Bertz CT molecular complexity index is 409. The van der Waals surface area contributed by atoms with Gasteiger partial charge in [0, 0.05) is 6.54 Å². The molecule has 0 fully saturated rings. The molecule has 2 amide bonds. The van der Waals surface area contributed by atoms with Gasteiger partial charge in [-0.2, -0.15) is 0 Å². The lowest BCUT2D eigenvalue weighted by molar-refractivity contribution is 0.0935. The molecule has 1 rings (SSSR count). The molecule has 0 aliphatic carbocycles. The molecule has 1 aromatic heterocycles. The molecule has 0 aliphatic rings. The summed E-state index contributed by atoms with van der Waals surface area (Å²) in [5, 5.41) is 14.0. The molecule has 0 unspecified atom stereocenters. The lowest BCUT2D eigenvalue weighted by Crippen LogP contribution is -2.28. The molecule has 18 heavy (non-hydrogen) atoms. The van der Waals surface area contributed by atoms with E-state index in [0.29, 0.717) is 5.13 Å². The number of ether oxygens (including phenoxy) is 1. The zero-order valence-corrected chi connectivity index (χ0v) is 10.7. The molecule has 0 radical (unpaired) electrons. The number of anilines is 1. The van der Waals surface area contributed by atoms with Gasteiger partial charge in [-0.25, -0.2) is 4.79 Å². The topological polar surface area (TPSA) is 119 Å². The van der Waals surface area contributed by atoms with Gasteiger partial charge in [-0.05, 0) is 6.42 Å². The quantitative estimate of drug-likeness (QED) is 0.610. The number of nitrogens with one attached hydrogen (secondary N) is 2. The third-order valence-corrected chi connectivity index (χ3v) is 2.66. The Balaban J connectivity index is 2.32. The first-order valence-electron chi connectivity index (χ1n) is 5.41. The van der Waals surface area contributed by atoms with Gasteiger partial charge in [-0.1, -0.05) is 18.3 Å². The van der Waals surface area contributed by atoms with Gasteiger partial charge in [-0.15, -0.1) is 10.2 Å². The average Bonchev–Trinajstić information content (AvgIpc) is 2.80. The van der Waals surface area contributed by atoms with E-state index >= 15 is 0 Å². The summed E-state index contributed by atoms with van der Waals surface area (Å²) >= 11 is 1.17. The van der Waals surface area contributed by atoms with Gasteiger partial charge >= 0.3 is 6.09 Å². The normalized spacial score (nSPS) is 9.83. The number of amides is 2. The molecule has 0 atom stereocenters. The molecule has 0 bridgehead atoms. The number of aromatic nitrogens is 2. The van der Waals surface area contributed by atoms with Gasteiger partial charge in [0.25, 0.3) is 5.91 Å². The highest BCUT2D eigenvalue weighted by molar-refractivity contribution is 7.17. The summed E-state index contributed by atoms with van der Waals surface area (Å²) < 4.78 is 4.47. The summed E-state index contributed by atoms with van der Waals surface area (Å²) in [5.41, 5.74) is 4.77. The summed E-state index contributed by atoms with van der Waals surface area (Å²) in [6, 6.07) is 0. The van der Waals surface area contributed by atoms with Crippen LogP contribution in [0.1, 0.15) is 23.1 Å². The Kier molecular flexibility index (Phi) is 5.85. The van der Waals surface area contributed by atoms with Crippen LogP contribution in [-0.2, 0) is 4.74 Å². The van der Waals surface area contributed by atoms with E-state index in [2.05, 4.69) is 25.6 Å². The summed E-state index contributed by atoms with van der Waals surface area (Å²) in [4.78, 5) is 21.9. The fourth-order valence-corrected chi connectivity index (χ4v) is 1.70. The maximum Gasteiger partial charge on any atom is 0.404 e. The fraction of sp³-hybridized carbons (Fsp3) is 0.556. The van der Waals surface area contributed by atoms with Crippen molar-refractivity contribution < 1.29 is 14.3 Å². The molecule has 0 saturated heterocycles. The Morgan fingerprint density at radius 2 is 2.17 bits per heavy atom. The predicted octanol–water partition coefficient (Wildman–Crippen LogP) is 0.185. The van der Waals surface area contributed by atoms with E-state index in [0.717, 1.165) is 13.0 Å². The number of rotatable bonds is 7. The third-order valence-electron chi connectivity index (χ3n) is 1.78. The summed E-state index contributed by atoms with van der Waals surface area (Å²) in [5.74, 6) is -0.356. The number of carbonyl (C=O) groups excluding carboxylic acids is 2. The third kappa shape index (κ3) is 4.95. The van der Waals surface area contributed by atoms with E-state index in [1.165, 1.54) is 11.3 Å². The molecule has 1 heterocycles. The Morgan fingerprint density at radius 3 is 2.83 bits per heavy atom. The van der Waals surface area contributed by atoms with Crippen LogP contribution in [0.15, 0.2) is 0 Å². The Hall–Kier alpha value is -1.90. The van der Waals surface area contributed by atoms with Crippen LogP contribution < -0.4 is 16.4 Å². The summed E-state index contributed by atoms with van der Waals surface area (Å²) in [7, 11) is 0. The zero-order valence-electron chi connectivity index (χ0n) is 9.93. The van der Waals surface area contributed by atoms with E-state index in [9.17, 15) is 9.59 Å². The number of nitrogens with zero attached hydrogens (tertiary/aromatic N) is 2. The van der Waals surface area contributed by atoms with E-state index in [1.807, 2.05) is 6.92 Å². The highest BCUT2D eigenvalue weighted by Gasteiger charge is 2.11. The average molecular weight is 273 g/mol. The number of hydrogen-bond acceptors (Lipinski definition) is 7. The minimum Gasteiger partial charge on any atom is -0.448 e. The molecule has 0 spiro atoms. The van der Waals surface area contributed by atoms with E-state index in [1.54, 1.807) is 0 Å². The Labute approximate surface area is 108 Å². The number of primary amides is 1. The van der Waals surface area contributed by atoms with Gasteiger partial charge in [0.2, 0.25) is 10.1 Å². The van der Waals surface area contributed by atoms with Gasteiger partial charge in [0.15, 0.2) is 0 Å². The highest BCUT2D eigenvalue weighted by atomic mass is 32.1. The molecule has 0 saturated carbocycles. The first-order chi connectivity index (χ1) is 8.63. The van der Waals surface area contributed by atoms with Crippen LogP contribution in [0.5, 0.6) is 0 Å². The minimum absolute atomic E-state index is 0.0286. The van der Waals surface area contributed by atoms with Crippen molar-refractivity contribution in [3.8, 4) is 0 Å². The van der Waals surface area contributed by atoms with Crippen LogP contribution in [0.4, 0.5) is 9.93 Å². The van der Waals surface area contributed by atoms with Crippen molar-refractivity contribution in [3.63, 3.8) is 0 Å². The fourth-order valence-electron chi connectivity index (χ4n) is 1.01. The predicted molar refractivity (Wildman–Crippen MR) is 66.6 cm³/mol. The summed E-state index contributed by atoms with van der Waals surface area (Å²) in [6.07, 6.45) is 0.0946. The van der Waals surface area contributed by atoms with Crippen LogP contribution >= 0.6 is 11.3 Å². The van der Waals surface area contributed by atoms with Gasteiger partial charge in [0.1, 0.15) is 6.61 Å². The molecule has 1 aromatic rings. The van der Waals surface area contributed by atoms with Gasteiger partial charge < -0.3 is 21.1 Å². The van der Waals surface area contributed by atoms with Crippen LogP contribution in [0.3, 0.4) is 0 Å². The first-order valence-corrected chi connectivity index (χ1v) is 6.23. The second-order valence-electron chi connectivity index (χ2n) is 3.26. The maximum absolute atomic E-state index is 11.6. The molecule has 9 heteroatoms. The van der Waals surface area contributed by atoms with Crippen LogP contribution in [-0.4, -0.2) is 41.9 Å². The minimum atomic E-state index is -0.869. The van der Waals surface area contributed by atoms with Crippen LogP contribution in [0.2, 0.25) is 0 Å².